The summed E-state index contributed by atoms with van der Waals surface area (Å²) in [4.78, 5) is 21.1. The first-order chi connectivity index (χ1) is 7.48. The monoisotopic (exact) mass is 221 g/mol. The van der Waals surface area contributed by atoms with Crippen LogP contribution in [0.3, 0.4) is 0 Å². The molecule has 2 atom stereocenters. The topological polar surface area (TPSA) is 69.4 Å². The van der Waals surface area contributed by atoms with Gasteiger partial charge in [0.25, 0.3) is 5.69 Å². The third-order valence-electron chi connectivity index (χ3n) is 3.10. The first-order valence-electron chi connectivity index (χ1n) is 4.91. The van der Waals surface area contributed by atoms with E-state index in [4.69, 9.17) is 4.74 Å². The molecule has 1 aromatic carbocycles. The molecule has 2 rings (SSSR count). The second-order valence-electron chi connectivity index (χ2n) is 4.10. The van der Waals surface area contributed by atoms with Crippen LogP contribution in [0.1, 0.15) is 25.3 Å². The summed E-state index contributed by atoms with van der Waals surface area (Å²) in [5.41, 5.74) is -0.112. The zero-order valence-electron chi connectivity index (χ0n) is 8.97. The van der Waals surface area contributed by atoms with Crippen LogP contribution in [0.25, 0.3) is 0 Å². The summed E-state index contributed by atoms with van der Waals surface area (Å²) in [6.07, 6.45) is 0.740. The van der Waals surface area contributed by atoms with Crippen molar-refractivity contribution >= 4 is 12.0 Å². The van der Waals surface area contributed by atoms with E-state index in [0.29, 0.717) is 5.75 Å². The van der Waals surface area contributed by atoms with E-state index in [9.17, 15) is 14.9 Å². The van der Waals surface area contributed by atoms with Crippen molar-refractivity contribution in [3.63, 3.8) is 0 Å². The molecule has 5 heteroatoms. The molecular weight excluding hydrogens is 210 g/mol. The number of nitro groups is 1. The summed E-state index contributed by atoms with van der Waals surface area (Å²) in [5, 5.41) is 10.6. The number of nitrogens with zero attached hydrogens (tertiary/aromatic N) is 1. The van der Waals surface area contributed by atoms with Crippen LogP contribution < -0.4 is 4.74 Å². The number of ether oxygens (including phenoxy) is 1. The minimum Gasteiger partial charge on any atom is -0.479 e. The molecule has 16 heavy (non-hydrogen) atoms. The van der Waals surface area contributed by atoms with Crippen molar-refractivity contribution < 1.29 is 14.5 Å². The number of rotatable bonds is 2. The van der Waals surface area contributed by atoms with Crippen LogP contribution in [-0.2, 0) is 4.79 Å². The lowest BCUT2D eigenvalue weighted by Gasteiger charge is -2.21. The highest BCUT2D eigenvalue weighted by Gasteiger charge is 2.42. The van der Waals surface area contributed by atoms with E-state index in [1.807, 2.05) is 6.92 Å². The summed E-state index contributed by atoms with van der Waals surface area (Å²) in [6, 6.07) is 4.43. The summed E-state index contributed by atoms with van der Waals surface area (Å²) in [7, 11) is 0. The van der Waals surface area contributed by atoms with Crippen molar-refractivity contribution in [1.29, 1.82) is 0 Å². The highest BCUT2D eigenvalue weighted by molar-refractivity contribution is 5.69. The van der Waals surface area contributed by atoms with Gasteiger partial charge >= 0.3 is 0 Å². The van der Waals surface area contributed by atoms with Crippen molar-refractivity contribution in [2.45, 2.75) is 25.4 Å². The van der Waals surface area contributed by atoms with Crippen molar-refractivity contribution in [2.75, 3.05) is 0 Å². The van der Waals surface area contributed by atoms with Crippen molar-refractivity contribution in [2.24, 2.45) is 0 Å². The standard InChI is InChI=1S/C11H11NO4/c1-7-9-4-3-8(12(14)15)5-10(9)16-11(7,2)6-13/h3-7H,1-2H3. The van der Waals surface area contributed by atoms with Gasteiger partial charge in [0.05, 0.1) is 11.0 Å². The number of nitro benzene ring substituents is 1. The van der Waals surface area contributed by atoms with E-state index in [2.05, 4.69) is 0 Å². The molecule has 5 nitrogen and oxygen atoms in total. The molecule has 0 spiro atoms. The summed E-state index contributed by atoms with van der Waals surface area (Å²) >= 11 is 0. The molecule has 0 saturated carbocycles. The van der Waals surface area contributed by atoms with Crippen molar-refractivity contribution in [3.8, 4) is 5.75 Å². The van der Waals surface area contributed by atoms with Gasteiger partial charge < -0.3 is 4.74 Å². The molecule has 84 valence electrons. The minimum atomic E-state index is -0.919. The first-order valence-corrected chi connectivity index (χ1v) is 4.91. The molecule has 0 saturated heterocycles. The van der Waals surface area contributed by atoms with Gasteiger partial charge in [-0.1, -0.05) is 6.92 Å². The molecule has 1 aromatic rings. The number of non-ortho nitro benzene ring substituents is 1. The SMILES string of the molecule is CC1c2ccc([N+](=O)[O-])cc2OC1(C)C=O. The number of fused-ring (bicyclic) bond motifs is 1. The molecule has 0 aliphatic carbocycles. The Morgan fingerprint density at radius 3 is 2.81 bits per heavy atom. The second kappa shape index (κ2) is 3.30. The average Bonchev–Trinajstić information content (AvgIpc) is 2.52. The van der Waals surface area contributed by atoms with Crippen LogP contribution in [0.4, 0.5) is 5.69 Å². The maximum atomic E-state index is 11.0. The van der Waals surface area contributed by atoms with Gasteiger partial charge in [0.2, 0.25) is 0 Å². The van der Waals surface area contributed by atoms with Crippen LogP contribution in [0.5, 0.6) is 5.75 Å². The Kier molecular flexibility index (Phi) is 2.18. The van der Waals surface area contributed by atoms with Gasteiger partial charge in [0, 0.05) is 17.5 Å². The Balaban J connectivity index is 2.48. The lowest BCUT2D eigenvalue weighted by molar-refractivity contribution is -0.384. The maximum absolute atomic E-state index is 11.0. The maximum Gasteiger partial charge on any atom is 0.273 e. The Morgan fingerprint density at radius 2 is 2.25 bits per heavy atom. The predicted octanol–water partition coefficient (Wildman–Crippen LogP) is 2.05. The molecular formula is C11H11NO4. The smallest absolute Gasteiger partial charge is 0.273 e. The van der Waals surface area contributed by atoms with Gasteiger partial charge in [-0.05, 0) is 13.0 Å². The minimum absolute atomic E-state index is 0.0268. The van der Waals surface area contributed by atoms with Gasteiger partial charge in [-0.15, -0.1) is 0 Å². The third-order valence-corrected chi connectivity index (χ3v) is 3.10. The van der Waals surface area contributed by atoms with E-state index < -0.39 is 10.5 Å². The summed E-state index contributed by atoms with van der Waals surface area (Å²) in [6.45, 7) is 3.54. The fraction of sp³-hybridized carbons (Fsp3) is 0.364. The number of hydrogen-bond donors (Lipinski definition) is 0. The predicted molar refractivity (Wildman–Crippen MR) is 56.6 cm³/mol. The second-order valence-corrected chi connectivity index (χ2v) is 4.10. The lowest BCUT2D eigenvalue weighted by atomic mass is 9.88. The largest absolute Gasteiger partial charge is 0.479 e. The van der Waals surface area contributed by atoms with E-state index >= 15 is 0 Å². The van der Waals surface area contributed by atoms with Crippen LogP contribution in [0.15, 0.2) is 18.2 Å². The van der Waals surface area contributed by atoms with Crippen molar-refractivity contribution in [1.82, 2.24) is 0 Å². The zero-order valence-corrected chi connectivity index (χ0v) is 8.97. The van der Waals surface area contributed by atoms with Crippen molar-refractivity contribution in [3.05, 3.63) is 33.9 Å². The molecule has 1 heterocycles. The van der Waals surface area contributed by atoms with Gasteiger partial charge in [0.15, 0.2) is 11.9 Å². The first kappa shape index (κ1) is 10.6. The number of hydrogen-bond acceptors (Lipinski definition) is 4. The number of carbonyl (C=O) groups excluding carboxylic acids is 1. The van der Waals surface area contributed by atoms with Gasteiger partial charge in [-0.3, -0.25) is 14.9 Å². The van der Waals surface area contributed by atoms with Crippen LogP contribution in [0.2, 0.25) is 0 Å². The number of carbonyl (C=O) groups is 1. The van der Waals surface area contributed by atoms with Gasteiger partial charge in [-0.2, -0.15) is 0 Å². The Morgan fingerprint density at radius 1 is 1.56 bits per heavy atom. The van der Waals surface area contributed by atoms with E-state index in [1.165, 1.54) is 12.1 Å². The normalized spacial score (nSPS) is 27.0. The summed E-state index contributed by atoms with van der Waals surface area (Å²) < 4.78 is 5.47. The van der Waals surface area contributed by atoms with E-state index in [1.54, 1.807) is 13.0 Å². The fourth-order valence-electron chi connectivity index (χ4n) is 1.84. The molecule has 0 amide bonds. The lowest BCUT2D eigenvalue weighted by Crippen LogP contribution is -2.34. The highest BCUT2D eigenvalue weighted by atomic mass is 16.6. The molecule has 0 fully saturated rings. The molecule has 0 radical (unpaired) electrons. The summed E-state index contributed by atoms with van der Waals surface area (Å²) in [5.74, 6) is 0.331. The molecule has 0 aromatic heterocycles. The Bertz CT molecular complexity index is 471. The molecule has 1 aliphatic heterocycles. The van der Waals surface area contributed by atoms with Crippen LogP contribution in [0, 0.1) is 10.1 Å². The van der Waals surface area contributed by atoms with Gasteiger partial charge in [-0.25, -0.2) is 0 Å². The molecule has 1 aliphatic rings. The highest BCUT2D eigenvalue weighted by Crippen LogP contribution is 2.44. The third kappa shape index (κ3) is 1.36. The fourth-order valence-corrected chi connectivity index (χ4v) is 1.84. The number of benzene rings is 1. The van der Waals surface area contributed by atoms with E-state index in [0.717, 1.165) is 11.8 Å². The van der Waals surface area contributed by atoms with Crippen LogP contribution in [-0.4, -0.2) is 16.8 Å². The Labute approximate surface area is 92.2 Å². The number of aldehydes is 1. The molecule has 2 unspecified atom stereocenters. The Hall–Kier alpha value is -1.91. The quantitative estimate of drug-likeness (QED) is 0.435. The van der Waals surface area contributed by atoms with Crippen LogP contribution >= 0.6 is 0 Å². The van der Waals surface area contributed by atoms with E-state index in [-0.39, 0.29) is 11.6 Å². The van der Waals surface area contributed by atoms with Gasteiger partial charge in [0.1, 0.15) is 5.75 Å². The molecule has 0 bridgehead atoms. The average molecular weight is 221 g/mol. The molecule has 0 N–H and O–H groups in total. The zero-order chi connectivity index (χ0) is 11.9.